The third-order valence-electron chi connectivity index (χ3n) is 4.31. The lowest BCUT2D eigenvalue weighted by Crippen LogP contribution is -2.28. The zero-order valence-electron chi connectivity index (χ0n) is 16.1. The number of carbonyl (C=O) groups excluding carboxylic acids is 1. The second-order valence-electron chi connectivity index (χ2n) is 6.66. The first kappa shape index (κ1) is 21.9. The maximum atomic E-state index is 13.1. The smallest absolute Gasteiger partial charge is 0.341 e. The van der Waals surface area contributed by atoms with E-state index >= 15 is 0 Å². The molecule has 0 atom stereocenters. The van der Waals surface area contributed by atoms with Crippen LogP contribution in [0.2, 0.25) is 0 Å². The van der Waals surface area contributed by atoms with E-state index in [0.29, 0.717) is 11.3 Å². The van der Waals surface area contributed by atoms with Crippen molar-refractivity contribution in [3.05, 3.63) is 72.2 Å². The number of amides is 1. The summed E-state index contributed by atoms with van der Waals surface area (Å²) < 4.78 is 53.5. The summed E-state index contributed by atoms with van der Waals surface area (Å²) in [5.74, 6) is -0.706. The van der Waals surface area contributed by atoms with Gasteiger partial charge in [-0.2, -0.15) is 13.2 Å². The topological polar surface area (TPSA) is 38.1 Å². The molecule has 9 heteroatoms. The van der Waals surface area contributed by atoms with Crippen LogP contribution >= 0.6 is 11.8 Å². The summed E-state index contributed by atoms with van der Waals surface area (Å²) in [6.07, 6.45) is -3.04. The minimum absolute atomic E-state index is 0.0687. The Labute approximate surface area is 175 Å². The molecule has 1 heterocycles. The third kappa shape index (κ3) is 5.85. The Hall–Kier alpha value is -2.81. The molecule has 4 nitrogen and oxygen atoms in total. The lowest BCUT2D eigenvalue weighted by atomic mass is 10.2. The Morgan fingerprint density at radius 3 is 2.40 bits per heavy atom. The van der Waals surface area contributed by atoms with E-state index in [2.05, 4.69) is 4.98 Å². The Balaban J connectivity index is 1.71. The molecule has 30 heavy (non-hydrogen) atoms. The molecule has 1 amide bonds. The highest BCUT2D eigenvalue weighted by Gasteiger charge is 2.31. The van der Waals surface area contributed by atoms with Gasteiger partial charge in [0, 0.05) is 13.6 Å². The standard InChI is InChI=1S/C21H19F4N3OS/c1-27(12-15-7-9-17(22)10-8-15)19(29)13-30-20-26-11-18(16-5-3-2-4-6-16)28(20)14-21(23,24)25/h2-11H,12-14H2,1H3. The molecule has 0 aliphatic heterocycles. The molecule has 0 aliphatic carbocycles. The lowest BCUT2D eigenvalue weighted by Gasteiger charge is -2.18. The van der Waals surface area contributed by atoms with Gasteiger partial charge in [-0.05, 0) is 23.3 Å². The molecular weight excluding hydrogens is 418 g/mol. The maximum Gasteiger partial charge on any atom is 0.406 e. The number of hydrogen-bond donors (Lipinski definition) is 0. The third-order valence-corrected chi connectivity index (χ3v) is 5.28. The first-order chi connectivity index (χ1) is 14.2. The predicted octanol–water partition coefficient (Wildman–Crippen LogP) is 5.00. The summed E-state index contributed by atoms with van der Waals surface area (Å²) in [6, 6.07) is 14.4. The van der Waals surface area contributed by atoms with Crippen molar-refractivity contribution in [2.45, 2.75) is 24.4 Å². The van der Waals surface area contributed by atoms with Crippen molar-refractivity contribution >= 4 is 17.7 Å². The summed E-state index contributed by atoms with van der Waals surface area (Å²) in [5, 5.41) is 0.120. The Morgan fingerprint density at radius 1 is 1.10 bits per heavy atom. The Kier molecular flexibility index (Phi) is 6.81. The summed E-state index contributed by atoms with van der Waals surface area (Å²) >= 11 is 0.953. The van der Waals surface area contributed by atoms with Crippen LogP contribution in [-0.4, -0.2) is 39.3 Å². The van der Waals surface area contributed by atoms with Gasteiger partial charge in [-0.3, -0.25) is 4.79 Å². The van der Waals surface area contributed by atoms with Crippen LogP contribution in [0.3, 0.4) is 0 Å². The molecule has 0 fully saturated rings. The van der Waals surface area contributed by atoms with Crippen LogP contribution < -0.4 is 0 Å². The second-order valence-corrected chi connectivity index (χ2v) is 7.60. The van der Waals surface area contributed by atoms with Crippen LogP contribution in [0.5, 0.6) is 0 Å². The van der Waals surface area contributed by atoms with Crippen molar-refractivity contribution in [2.24, 2.45) is 0 Å². The molecule has 0 saturated carbocycles. The van der Waals surface area contributed by atoms with Gasteiger partial charge in [0.1, 0.15) is 12.4 Å². The van der Waals surface area contributed by atoms with Crippen LogP contribution in [0.15, 0.2) is 66.0 Å². The molecule has 3 rings (SSSR count). The molecule has 0 aliphatic rings. The van der Waals surface area contributed by atoms with E-state index in [1.165, 1.54) is 23.2 Å². The van der Waals surface area contributed by atoms with Crippen molar-refractivity contribution in [3.63, 3.8) is 0 Å². The molecule has 0 N–H and O–H groups in total. The van der Waals surface area contributed by atoms with Gasteiger partial charge in [-0.15, -0.1) is 0 Å². The highest BCUT2D eigenvalue weighted by atomic mass is 32.2. The fraction of sp³-hybridized carbons (Fsp3) is 0.238. The average molecular weight is 437 g/mol. The van der Waals surface area contributed by atoms with Crippen molar-refractivity contribution < 1.29 is 22.4 Å². The zero-order valence-corrected chi connectivity index (χ0v) is 16.9. The Morgan fingerprint density at radius 2 is 1.77 bits per heavy atom. The van der Waals surface area contributed by atoms with Crippen molar-refractivity contribution in [1.29, 1.82) is 0 Å². The highest BCUT2D eigenvalue weighted by Crippen LogP contribution is 2.30. The minimum Gasteiger partial charge on any atom is -0.341 e. The normalized spacial score (nSPS) is 11.5. The fourth-order valence-corrected chi connectivity index (χ4v) is 3.75. The quantitative estimate of drug-likeness (QED) is 0.386. The summed E-state index contributed by atoms with van der Waals surface area (Å²) in [6.45, 7) is -0.925. The molecule has 0 spiro atoms. The molecule has 2 aromatic carbocycles. The number of imidazole rings is 1. The number of nitrogens with zero attached hydrogens (tertiary/aromatic N) is 3. The second kappa shape index (κ2) is 9.34. The van der Waals surface area contributed by atoms with Crippen LogP contribution in [0.1, 0.15) is 5.56 Å². The van der Waals surface area contributed by atoms with E-state index in [4.69, 9.17) is 0 Å². The first-order valence-corrected chi connectivity index (χ1v) is 10.0. The predicted molar refractivity (Wildman–Crippen MR) is 107 cm³/mol. The number of thioether (sulfide) groups is 1. The molecular formula is C21H19F4N3OS. The van der Waals surface area contributed by atoms with Gasteiger partial charge in [-0.25, -0.2) is 9.37 Å². The lowest BCUT2D eigenvalue weighted by molar-refractivity contribution is -0.141. The van der Waals surface area contributed by atoms with Crippen molar-refractivity contribution in [1.82, 2.24) is 14.5 Å². The van der Waals surface area contributed by atoms with Gasteiger partial charge in [-0.1, -0.05) is 54.2 Å². The number of rotatable bonds is 7. The van der Waals surface area contributed by atoms with Gasteiger partial charge in [0.05, 0.1) is 17.6 Å². The first-order valence-electron chi connectivity index (χ1n) is 9.02. The molecule has 3 aromatic rings. The maximum absolute atomic E-state index is 13.1. The number of benzene rings is 2. The van der Waals surface area contributed by atoms with Gasteiger partial charge >= 0.3 is 6.18 Å². The van der Waals surface area contributed by atoms with E-state index in [1.807, 2.05) is 0 Å². The zero-order chi connectivity index (χ0) is 21.7. The number of halogens is 4. The summed E-state index contributed by atoms with van der Waals surface area (Å²) in [7, 11) is 1.59. The Bertz CT molecular complexity index is 988. The molecule has 158 valence electrons. The van der Waals surface area contributed by atoms with E-state index in [9.17, 15) is 22.4 Å². The van der Waals surface area contributed by atoms with Gasteiger partial charge in [0.25, 0.3) is 0 Å². The minimum atomic E-state index is -4.43. The summed E-state index contributed by atoms with van der Waals surface area (Å²) in [5.41, 5.74) is 1.70. The molecule has 0 unspecified atom stereocenters. The van der Waals surface area contributed by atoms with E-state index in [-0.39, 0.29) is 29.2 Å². The van der Waals surface area contributed by atoms with E-state index < -0.39 is 12.7 Å². The number of alkyl halides is 3. The average Bonchev–Trinajstić information content (AvgIpc) is 3.09. The van der Waals surface area contributed by atoms with Crippen LogP contribution in [-0.2, 0) is 17.9 Å². The van der Waals surface area contributed by atoms with Crippen molar-refractivity contribution in [2.75, 3.05) is 12.8 Å². The van der Waals surface area contributed by atoms with E-state index in [1.54, 1.807) is 49.5 Å². The van der Waals surface area contributed by atoms with Crippen molar-refractivity contribution in [3.8, 4) is 11.3 Å². The fourth-order valence-electron chi connectivity index (χ4n) is 2.83. The molecule has 0 radical (unpaired) electrons. The van der Waals surface area contributed by atoms with Crippen LogP contribution in [0.4, 0.5) is 17.6 Å². The van der Waals surface area contributed by atoms with Gasteiger partial charge < -0.3 is 9.47 Å². The van der Waals surface area contributed by atoms with Gasteiger partial charge in [0.2, 0.25) is 5.91 Å². The SMILES string of the molecule is CN(Cc1ccc(F)cc1)C(=O)CSc1ncc(-c2ccccc2)n1CC(F)(F)F. The molecule has 0 saturated heterocycles. The highest BCUT2D eigenvalue weighted by molar-refractivity contribution is 7.99. The van der Waals surface area contributed by atoms with Crippen LogP contribution in [0, 0.1) is 5.82 Å². The van der Waals surface area contributed by atoms with Gasteiger partial charge in [0.15, 0.2) is 5.16 Å². The van der Waals surface area contributed by atoms with Crippen LogP contribution in [0.25, 0.3) is 11.3 Å². The molecule has 0 bridgehead atoms. The molecule has 1 aromatic heterocycles. The largest absolute Gasteiger partial charge is 0.406 e. The number of carbonyl (C=O) groups is 1. The monoisotopic (exact) mass is 437 g/mol. The number of hydrogen-bond acceptors (Lipinski definition) is 3. The van der Waals surface area contributed by atoms with E-state index in [0.717, 1.165) is 21.9 Å². The number of aromatic nitrogens is 2. The summed E-state index contributed by atoms with van der Waals surface area (Å²) in [4.78, 5) is 18.0.